The Morgan fingerprint density at radius 2 is 2.00 bits per heavy atom. The predicted octanol–water partition coefficient (Wildman–Crippen LogP) is 3.53. The summed E-state index contributed by atoms with van der Waals surface area (Å²) in [5.41, 5.74) is 2.07. The Balaban J connectivity index is 1.66. The number of rotatable bonds is 6. The summed E-state index contributed by atoms with van der Waals surface area (Å²) in [6, 6.07) is 8.99. The van der Waals surface area contributed by atoms with Crippen LogP contribution in [0.15, 0.2) is 30.3 Å². The molecule has 10 heteroatoms. The predicted molar refractivity (Wildman–Crippen MR) is 123 cm³/mol. The van der Waals surface area contributed by atoms with Crippen LogP contribution in [0.25, 0.3) is 11.4 Å². The molecule has 9 nitrogen and oxygen atoms in total. The Hall–Kier alpha value is -2.40. The smallest absolute Gasteiger partial charge is 0.318 e. The molecule has 1 saturated heterocycles. The Kier molecular flexibility index (Phi) is 6.33. The Bertz CT molecular complexity index is 936. The molecular weight excluding hydrogens is 418 g/mol. The third-order valence-corrected chi connectivity index (χ3v) is 7.73. The number of benzene rings is 1. The fourth-order valence-corrected chi connectivity index (χ4v) is 5.29. The van der Waals surface area contributed by atoms with Crippen LogP contribution in [0, 0.1) is 0 Å². The first-order chi connectivity index (χ1) is 14.9. The molecule has 1 saturated carbocycles. The zero-order valence-electron chi connectivity index (χ0n) is 17.7. The van der Waals surface area contributed by atoms with Crippen LogP contribution in [0.5, 0.6) is 0 Å². The first-order valence-corrected chi connectivity index (χ1v) is 12.2. The van der Waals surface area contributed by atoms with E-state index in [2.05, 4.69) is 27.4 Å². The van der Waals surface area contributed by atoms with Crippen LogP contribution in [-0.4, -0.2) is 63.2 Å². The number of urea groups is 1. The number of anilines is 2. The van der Waals surface area contributed by atoms with E-state index in [0.717, 1.165) is 24.2 Å². The van der Waals surface area contributed by atoms with Crippen LogP contribution in [0.1, 0.15) is 25.5 Å². The lowest BCUT2D eigenvalue weighted by Gasteiger charge is -2.35. The molecule has 168 valence electrons. The highest BCUT2D eigenvalue weighted by Crippen LogP contribution is 2.57. The number of carbonyl (C=O) groups is 1. The summed E-state index contributed by atoms with van der Waals surface area (Å²) in [7, 11) is -1.15. The number of aromatic nitrogens is 2. The van der Waals surface area contributed by atoms with Crippen molar-refractivity contribution in [3.05, 3.63) is 36.0 Å². The SMILES string of the molecule is CNC(=O)Nc1ccc(-c2nc(CS(O)(O)C3CC3)cc(N3CCOC[C@@H]3C)n2)cc1. The van der Waals surface area contributed by atoms with Crippen LogP contribution in [0.3, 0.4) is 0 Å². The van der Waals surface area contributed by atoms with Crippen LogP contribution in [0.2, 0.25) is 0 Å². The van der Waals surface area contributed by atoms with Gasteiger partial charge in [0, 0.05) is 36.2 Å². The monoisotopic (exact) mass is 447 g/mol. The van der Waals surface area contributed by atoms with Crippen molar-refractivity contribution in [2.24, 2.45) is 0 Å². The van der Waals surface area contributed by atoms with E-state index in [1.54, 1.807) is 19.2 Å². The van der Waals surface area contributed by atoms with Gasteiger partial charge < -0.3 is 20.3 Å². The van der Waals surface area contributed by atoms with Gasteiger partial charge >= 0.3 is 6.03 Å². The van der Waals surface area contributed by atoms with Crippen LogP contribution in [-0.2, 0) is 10.5 Å². The molecule has 1 aliphatic carbocycles. The number of morpholine rings is 1. The molecule has 1 aromatic heterocycles. The van der Waals surface area contributed by atoms with Crippen molar-refractivity contribution in [1.29, 1.82) is 0 Å². The highest BCUT2D eigenvalue weighted by Gasteiger charge is 2.36. The molecule has 31 heavy (non-hydrogen) atoms. The summed E-state index contributed by atoms with van der Waals surface area (Å²) in [4.78, 5) is 23.1. The fourth-order valence-electron chi connectivity index (χ4n) is 3.58. The minimum absolute atomic E-state index is 0.0215. The van der Waals surface area contributed by atoms with E-state index in [1.807, 2.05) is 18.2 Å². The van der Waals surface area contributed by atoms with Gasteiger partial charge in [0.1, 0.15) is 5.82 Å². The Labute approximate surface area is 183 Å². The molecule has 2 heterocycles. The van der Waals surface area contributed by atoms with Crippen molar-refractivity contribution in [2.75, 3.05) is 37.0 Å². The van der Waals surface area contributed by atoms with Gasteiger partial charge in [0.25, 0.3) is 0 Å². The number of nitrogens with one attached hydrogen (secondary N) is 2. The topological polar surface area (TPSA) is 120 Å². The molecule has 0 bridgehead atoms. The molecule has 1 aliphatic heterocycles. The fraction of sp³-hybridized carbons (Fsp3) is 0.476. The summed E-state index contributed by atoms with van der Waals surface area (Å²) in [5, 5.41) is 5.22. The van der Waals surface area contributed by atoms with Gasteiger partial charge in [0.15, 0.2) is 5.82 Å². The number of nitrogens with zero attached hydrogens (tertiary/aromatic N) is 3. The van der Waals surface area contributed by atoms with Crippen LogP contribution < -0.4 is 15.5 Å². The second kappa shape index (κ2) is 8.99. The van der Waals surface area contributed by atoms with Gasteiger partial charge in [0.2, 0.25) is 0 Å². The van der Waals surface area contributed by atoms with E-state index in [1.165, 1.54) is 0 Å². The van der Waals surface area contributed by atoms with E-state index < -0.39 is 10.6 Å². The van der Waals surface area contributed by atoms with Gasteiger partial charge in [-0.3, -0.25) is 9.11 Å². The number of carbonyl (C=O) groups excluding carboxylic acids is 1. The summed E-state index contributed by atoms with van der Waals surface area (Å²) in [6.45, 7) is 4.03. The van der Waals surface area contributed by atoms with Crippen molar-refractivity contribution in [2.45, 2.75) is 36.8 Å². The maximum atomic E-state index is 11.5. The lowest BCUT2D eigenvalue weighted by Crippen LogP contribution is -2.44. The molecule has 2 aliphatic rings. The third-order valence-electron chi connectivity index (χ3n) is 5.47. The van der Waals surface area contributed by atoms with E-state index >= 15 is 0 Å². The second-order valence-electron chi connectivity index (χ2n) is 8.00. The highest BCUT2D eigenvalue weighted by molar-refractivity contribution is 8.24. The van der Waals surface area contributed by atoms with Gasteiger partial charge in [-0.05, 0) is 44.0 Å². The molecule has 0 radical (unpaired) electrons. The van der Waals surface area contributed by atoms with Gasteiger partial charge in [-0.25, -0.2) is 14.8 Å². The van der Waals surface area contributed by atoms with Gasteiger partial charge in [-0.1, -0.05) is 0 Å². The Morgan fingerprint density at radius 1 is 1.26 bits per heavy atom. The number of hydrogen-bond donors (Lipinski definition) is 4. The average Bonchev–Trinajstić information content (AvgIpc) is 3.60. The van der Waals surface area contributed by atoms with Gasteiger partial charge in [-0.2, -0.15) is 10.6 Å². The second-order valence-corrected chi connectivity index (χ2v) is 10.4. The van der Waals surface area contributed by atoms with E-state index in [9.17, 15) is 13.9 Å². The molecule has 0 unspecified atom stereocenters. The highest BCUT2D eigenvalue weighted by atomic mass is 32.3. The average molecular weight is 448 g/mol. The standard InChI is InChI=1S/C21H29N5O4S/c1-14-12-30-10-9-26(14)19-11-17(13-31(28,29)18-7-8-18)23-20(25-19)15-3-5-16(6-4-15)24-21(27)22-2/h3-6,11,14,18,28-29H,7-10,12-13H2,1-2H3,(H2,22,24,27)/t14-/m0/s1. The molecule has 2 aromatic rings. The van der Waals surface area contributed by atoms with Crippen LogP contribution >= 0.6 is 10.6 Å². The maximum Gasteiger partial charge on any atom is 0.318 e. The minimum atomic E-state index is -2.71. The zero-order chi connectivity index (χ0) is 22.0. The van der Waals surface area contributed by atoms with Gasteiger partial charge in [-0.15, -0.1) is 0 Å². The summed E-state index contributed by atoms with van der Waals surface area (Å²) in [6.07, 6.45) is 1.71. The molecule has 1 atom stereocenters. The molecule has 4 rings (SSSR count). The first kappa shape index (κ1) is 21.8. The van der Waals surface area contributed by atoms with Crippen molar-refractivity contribution in [3.63, 3.8) is 0 Å². The molecule has 2 amide bonds. The Morgan fingerprint density at radius 3 is 2.65 bits per heavy atom. The number of ether oxygens (including phenoxy) is 1. The molecule has 2 fully saturated rings. The van der Waals surface area contributed by atoms with Crippen molar-refractivity contribution in [1.82, 2.24) is 15.3 Å². The van der Waals surface area contributed by atoms with Crippen molar-refractivity contribution in [3.8, 4) is 11.4 Å². The molecule has 4 N–H and O–H groups in total. The first-order valence-electron chi connectivity index (χ1n) is 10.4. The lowest BCUT2D eigenvalue weighted by molar-refractivity contribution is 0.0985. The van der Waals surface area contributed by atoms with Crippen molar-refractivity contribution >= 4 is 28.1 Å². The quantitative estimate of drug-likeness (QED) is 0.535. The largest absolute Gasteiger partial charge is 0.377 e. The molecule has 1 aromatic carbocycles. The van der Waals surface area contributed by atoms with Crippen LogP contribution in [0.4, 0.5) is 16.3 Å². The summed E-state index contributed by atoms with van der Waals surface area (Å²) >= 11 is 0. The van der Waals surface area contributed by atoms with E-state index in [0.29, 0.717) is 37.0 Å². The number of hydrogen-bond acceptors (Lipinski definition) is 7. The zero-order valence-corrected chi connectivity index (χ0v) is 18.6. The molecular formula is C21H29N5O4S. The van der Waals surface area contributed by atoms with E-state index in [4.69, 9.17) is 9.72 Å². The van der Waals surface area contributed by atoms with Gasteiger partial charge in [0.05, 0.1) is 30.7 Å². The molecule has 0 spiro atoms. The summed E-state index contributed by atoms with van der Waals surface area (Å²) < 4.78 is 26.7. The maximum absolute atomic E-state index is 11.5. The van der Waals surface area contributed by atoms with E-state index in [-0.39, 0.29) is 23.1 Å². The summed E-state index contributed by atoms with van der Waals surface area (Å²) in [5.74, 6) is 1.41. The minimum Gasteiger partial charge on any atom is -0.377 e. The lowest BCUT2D eigenvalue weighted by atomic mass is 10.2. The number of amides is 2. The van der Waals surface area contributed by atoms with Crippen molar-refractivity contribution < 1.29 is 18.6 Å². The third kappa shape index (κ3) is 5.27. The normalized spacial score (nSPS) is 19.7.